The highest BCUT2D eigenvalue weighted by atomic mass is 16.5. The van der Waals surface area contributed by atoms with Crippen molar-refractivity contribution in [1.82, 2.24) is 4.90 Å². The maximum atomic E-state index is 12.7. The molecule has 3 unspecified atom stereocenters. The lowest BCUT2D eigenvalue weighted by Gasteiger charge is -2.26. The van der Waals surface area contributed by atoms with E-state index in [1.165, 1.54) is 4.90 Å². The molecular formula is C23H33NO6. The van der Waals surface area contributed by atoms with Crippen molar-refractivity contribution < 1.29 is 28.7 Å². The second-order valence-electron chi connectivity index (χ2n) is 9.98. The second-order valence-corrected chi connectivity index (χ2v) is 9.98. The van der Waals surface area contributed by atoms with Crippen LogP contribution in [-0.2, 0) is 28.7 Å². The zero-order valence-electron chi connectivity index (χ0n) is 18.6. The Morgan fingerprint density at radius 3 is 2.17 bits per heavy atom. The minimum Gasteiger partial charge on any atom is -0.465 e. The summed E-state index contributed by atoms with van der Waals surface area (Å²) >= 11 is 0. The van der Waals surface area contributed by atoms with Crippen LogP contribution in [0.4, 0.5) is 0 Å². The summed E-state index contributed by atoms with van der Waals surface area (Å²) in [6.45, 7) is 9.51. The first-order valence-corrected chi connectivity index (χ1v) is 10.9. The Hall–Kier alpha value is -2.18. The highest BCUT2D eigenvalue weighted by molar-refractivity contribution is 6.06. The van der Waals surface area contributed by atoms with E-state index in [1.807, 2.05) is 13.8 Å². The number of hydrogen-bond acceptors (Lipinski definition) is 6. The number of nitrogens with zero attached hydrogens (tertiary/aromatic N) is 1. The largest absolute Gasteiger partial charge is 0.465 e. The van der Waals surface area contributed by atoms with E-state index in [2.05, 4.69) is 12.2 Å². The minimum atomic E-state index is -0.880. The van der Waals surface area contributed by atoms with Gasteiger partial charge in [0, 0.05) is 0 Å². The van der Waals surface area contributed by atoms with Gasteiger partial charge in [0.1, 0.15) is 6.61 Å². The molecule has 166 valence electrons. The molecule has 0 aromatic carbocycles. The molecule has 0 spiro atoms. The molecule has 7 heteroatoms. The van der Waals surface area contributed by atoms with Crippen molar-refractivity contribution in [3.8, 4) is 0 Å². The first-order valence-electron chi connectivity index (χ1n) is 10.9. The Kier molecular flexibility index (Phi) is 6.39. The van der Waals surface area contributed by atoms with Gasteiger partial charge in [-0.2, -0.15) is 0 Å². The molecule has 3 rings (SSSR count). The first kappa shape index (κ1) is 22.5. The topological polar surface area (TPSA) is 90.0 Å². The van der Waals surface area contributed by atoms with E-state index in [0.717, 1.165) is 6.42 Å². The quantitative estimate of drug-likeness (QED) is 0.324. The Balaban J connectivity index is 1.46. The summed E-state index contributed by atoms with van der Waals surface area (Å²) in [5.74, 6) is -1.39. The molecule has 1 saturated heterocycles. The Morgan fingerprint density at radius 1 is 1.07 bits per heavy atom. The third kappa shape index (κ3) is 4.30. The molecule has 2 aliphatic carbocycles. The Bertz CT molecular complexity index is 725. The van der Waals surface area contributed by atoms with Gasteiger partial charge in [0.15, 0.2) is 0 Å². The second kappa shape index (κ2) is 8.52. The highest BCUT2D eigenvalue weighted by Gasteiger charge is 2.59. The third-order valence-electron chi connectivity index (χ3n) is 6.44. The third-order valence-corrected chi connectivity index (χ3v) is 6.44. The van der Waals surface area contributed by atoms with Crippen LogP contribution < -0.4 is 0 Å². The number of carbonyl (C=O) groups is 4. The number of allylic oxidation sites excluding steroid dienone is 2. The van der Waals surface area contributed by atoms with Gasteiger partial charge >= 0.3 is 11.9 Å². The van der Waals surface area contributed by atoms with Crippen LogP contribution in [0.2, 0.25) is 0 Å². The van der Waals surface area contributed by atoms with Crippen molar-refractivity contribution in [2.45, 2.75) is 47.5 Å². The van der Waals surface area contributed by atoms with Gasteiger partial charge in [-0.15, -0.1) is 0 Å². The summed E-state index contributed by atoms with van der Waals surface area (Å²) in [6.07, 6.45) is 5.29. The van der Waals surface area contributed by atoms with Crippen LogP contribution in [0.25, 0.3) is 0 Å². The van der Waals surface area contributed by atoms with Crippen LogP contribution in [0.3, 0.4) is 0 Å². The molecule has 2 bridgehead atoms. The van der Waals surface area contributed by atoms with Crippen LogP contribution in [0.5, 0.6) is 0 Å². The van der Waals surface area contributed by atoms with Crippen molar-refractivity contribution in [1.29, 1.82) is 0 Å². The van der Waals surface area contributed by atoms with Gasteiger partial charge in [0.2, 0.25) is 11.8 Å². The number of carbonyl (C=O) groups excluding carboxylic acids is 4. The fourth-order valence-corrected chi connectivity index (χ4v) is 4.93. The zero-order chi connectivity index (χ0) is 22.2. The Labute approximate surface area is 178 Å². The molecule has 5 atom stereocenters. The fraction of sp³-hybridized carbons (Fsp3) is 0.739. The SMILES string of the molecule is CC(C)COC(=O)C(C)CC(C)(C)C(=O)OCCN1C(=O)C2C(C1=O)[C@H]1C=C[C@@H]2C1. The van der Waals surface area contributed by atoms with Crippen molar-refractivity contribution in [3.63, 3.8) is 0 Å². The van der Waals surface area contributed by atoms with E-state index in [1.54, 1.807) is 20.8 Å². The van der Waals surface area contributed by atoms with Gasteiger partial charge in [-0.25, -0.2) is 0 Å². The average Bonchev–Trinajstić information content (AvgIpc) is 3.34. The van der Waals surface area contributed by atoms with Gasteiger partial charge in [-0.05, 0) is 44.4 Å². The number of fused-ring (bicyclic) bond motifs is 5. The van der Waals surface area contributed by atoms with Crippen molar-refractivity contribution in [3.05, 3.63) is 12.2 Å². The molecule has 1 aliphatic heterocycles. The molecule has 0 aromatic rings. The smallest absolute Gasteiger partial charge is 0.311 e. The molecule has 7 nitrogen and oxygen atoms in total. The van der Waals surface area contributed by atoms with Crippen molar-refractivity contribution in [2.75, 3.05) is 19.8 Å². The zero-order valence-corrected chi connectivity index (χ0v) is 18.6. The molecule has 2 amide bonds. The number of amides is 2. The van der Waals surface area contributed by atoms with E-state index < -0.39 is 17.3 Å². The lowest BCUT2D eigenvalue weighted by atomic mass is 9.83. The monoisotopic (exact) mass is 419 g/mol. The highest BCUT2D eigenvalue weighted by Crippen LogP contribution is 2.52. The van der Waals surface area contributed by atoms with E-state index in [4.69, 9.17) is 9.47 Å². The number of esters is 2. The molecule has 0 radical (unpaired) electrons. The molecule has 2 fully saturated rings. The van der Waals surface area contributed by atoms with E-state index in [-0.39, 0.29) is 60.5 Å². The fourth-order valence-electron chi connectivity index (χ4n) is 4.93. The van der Waals surface area contributed by atoms with Gasteiger partial charge in [-0.3, -0.25) is 24.1 Å². The molecule has 0 aromatic heterocycles. The standard InChI is InChI=1S/C23H33NO6/c1-13(2)12-30-21(27)14(3)11-23(4,5)22(28)29-9-8-24-19(25)17-15-6-7-16(10-15)18(17)20(24)26/h6-7,13-18H,8-12H2,1-5H3/t14?,15-,16+,17?,18?. The molecule has 1 heterocycles. The van der Waals surface area contributed by atoms with Gasteiger partial charge in [-0.1, -0.05) is 32.9 Å². The molecular weight excluding hydrogens is 386 g/mol. The van der Waals surface area contributed by atoms with Crippen LogP contribution in [0.1, 0.15) is 47.5 Å². The summed E-state index contributed by atoms with van der Waals surface area (Å²) in [4.78, 5) is 51.3. The summed E-state index contributed by atoms with van der Waals surface area (Å²) in [7, 11) is 0. The molecule has 0 N–H and O–H groups in total. The van der Waals surface area contributed by atoms with E-state index in [9.17, 15) is 19.2 Å². The number of hydrogen-bond donors (Lipinski definition) is 0. The molecule has 30 heavy (non-hydrogen) atoms. The van der Waals surface area contributed by atoms with Crippen LogP contribution in [0, 0.1) is 40.9 Å². The summed E-state index contributed by atoms with van der Waals surface area (Å²) in [5, 5.41) is 0. The maximum absolute atomic E-state index is 12.7. The lowest BCUT2D eigenvalue weighted by Crippen LogP contribution is -2.37. The number of rotatable bonds is 9. The van der Waals surface area contributed by atoms with Gasteiger partial charge < -0.3 is 9.47 Å². The predicted molar refractivity (Wildman–Crippen MR) is 109 cm³/mol. The summed E-state index contributed by atoms with van der Waals surface area (Å²) < 4.78 is 10.6. The predicted octanol–water partition coefficient (Wildman–Crippen LogP) is 2.59. The van der Waals surface area contributed by atoms with E-state index >= 15 is 0 Å². The average molecular weight is 420 g/mol. The first-order chi connectivity index (χ1) is 14.0. The van der Waals surface area contributed by atoms with Gasteiger partial charge in [0.05, 0.1) is 36.3 Å². The number of likely N-dealkylation sites (tertiary alicyclic amines) is 1. The minimum absolute atomic E-state index is 0.0336. The number of ether oxygens (including phenoxy) is 2. The van der Waals surface area contributed by atoms with Crippen LogP contribution in [0.15, 0.2) is 12.2 Å². The molecule has 1 saturated carbocycles. The van der Waals surface area contributed by atoms with Crippen molar-refractivity contribution >= 4 is 23.8 Å². The van der Waals surface area contributed by atoms with E-state index in [0.29, 0.717) is 13.0 Å². The van der Waals surface area contributed by atoms with Crippen LogP contribution in [-0.4, -0.2) is 48.4 Å². The lowest BCUT2D eigenvalue weighted by molar-refractivity contribution is -0.159. The van der Waals surface area contributed by atoms with Crippen molar-refractivity contribution in [2.24, 2.45) is 40.9 Å². The Morgan fingerprint density at radius 2 is 1.63 bits per heavy atom. The maximum Gasteiger partial charge on any atom is 0.311 e. The number of imide groups is 1. The summed E-state index contributed by atoms with van der Waals surface area (Å²) in [5.41, 5.74) is -0.880. The normalized spacial score (nSPS) is 28.3. The van der Waals surface area contributed by atoms with Crippen LogP contribution >= 0.6 is 0 Å². The molecule has 3 aliphatic rings. The summed E-state index contributed by atoms with van der Waals surface area (Å²) in [6, 6.07) is 0. The van der Waals surface area contributed by atoms with Gasteiger partial charge in [0.25, 0.3) is 0 Å².